The van der Waals surface area contributed by atoms with Gasteiger partial charge in [-0.2, -0.15) is 0 Å². The van der Waals surface area contributed by atoms with E-state index in [1.165, 1.54) is 6.33 Å². The highest BCUT2D eigenvalue weighted by Crippen LogP contribution is 1.95. The Bertz CT molecular complexity index is 392. The largest absolute Gasteiger partial charge is 0.372 e. The Labute approximate surface area is 114 Å². The zero-order valence-corrected chi connectivity index (χ0v) is 12.0. The van der Waals surface area contributed by atoms with Gasteiger partial charge in [-0.25, -0.2) is 15.0 Å². The van der Waals surface area contributed by atoms with E-state index < -0.39 is 0 Å². The maximum atomic E-state index is 3.95. The van der Waals surface area contributed by atoms with Crippen molar-refractivity contribution in [3.63, 3.8) is 0 Å². The van der Waals surface area contributed by atoms with Crippen LogP contribution < -0.4 is 10.6 Å². The summed E-state index contributed by atoms with van der Waals surface area (Å²) in [5.74, 6) is 1.68. The summed E-state index contributed by atoms with van der Waals surface area (Å²) in [7, 11) is 1.81. The summed E-state index contributed by atoms with van der Waals surface area (Å²) in [6.45, 7) is 6.93. The molecule has 6 heteroatoms. The predicted octanol–water partition coefficient (Wildman–Crippen LogP) is 2.45. The minimum absolute atomic E-state index is 0.799. The molecule has 0 spiro atoms. The van der Waals surface area contributed by atoms with E-state index in [1.807, 2.05) is 33.9 Å². The van der Waals surface area contributed by atoms with Gasteiger partial charge >= 0.3 is 0 Å². The molecule has 0 aliphatic rings. The number of nitrogens with zero attached hydrogens (tertiary/aromatic N) is 4. The van der Waals surface area contributed by atoms with E-state index in [2.05, 4.69) is 30.6 Å². The molecule has 2 N–H and O–H groups in total. The molecule has 0 aliphatic carbocycles. The van der Waals surface area contributed by atoms with E-state index in [4.69, 9.17) is 0 Å². The highest BCUT2D eigenvalue weighted by molar-refractivity contribution is 5.30. The normalized spacial score (nSPS) is 8.21. The quantitative estimate of drug-likeness (QED) is 0.885. The van der Waals surface area contributed by atoms with E-state index >= 15 is 0 Å². The molecule has 0 aliphatic heterocycles. The topological polar surface area (TPSA) is 75.6 Å². The first-order valence-corrected chi connectivity index (χ1v) is 6.30. The van der Waals surface area contributed by atoms with Crippen LogP contribution in [0.4, 0.5) is 11.6 Å². The molecule has 0 atom stereocenters. The smallest absolute Gasteiger partial charge is 0.144 e. The summed E-state index contributed by atoms with van der Waals surface area (Å²) in [4.78, 5) is 15.5. The van der Waals surface area contributed by atoms with Crippen LogP contribution in [0.25, 0.3) is 0 Å². The van der Waals surface area contributed by atoms with Gasteiger partial charge in [0.15, 0.2) is 0 Å². The van der Waals surface area contributed by atoms with Gasteiger partial charge in [0, 0.05) is 32.2 Å². The maximum Gasteiger partial charge on any atom is 0.144 e. The van der Waals surface area contributed by atoms with Gasteiger partial charge in [0.2, 0.25) is 0 Å². The summed E-state index contributed by atoms with van der Waals surface area (Å²) in [6, 6.07) is 1.84. The molecule has 19 heavy (non-hydrogen) atoms. The number of anilines is 2. The second kappa shape index (κ2) is 12.2. The molecule has 0 saturated heterocycles. The van der Waals surface area contributed by atoms with Crippen LogP contribution in [-0.4, -0.2) is 33.5 Å². The Morgan fingerprint density at radius 3 is 2.21 bits per heavy atom. The first-order chi connectivity index (χ1) is 9.36. The molecule has 0 bridgehead atoms. The lowest BCUT2D eigenvalue weighted by Crippen LogP contribution is -1.97. The second-order valence-corrected chi connectivity index (χ2v) is 2.97. The lowest BCUT2D eigenvalue weighted by molar-refractivity contribution is 1.11. The molecule has 2 heterocycles. The fourth-order valence-electron chi connectivity index (χ4n) is 1.00. The van der Waals surface area contributed by atoms with Crippen molar-refractivity contribution >= 4 is 11.6 Å². The van der Waals surface area contributed by atoms with E-state index in [9.17, 15) is 0 Å². The van der Waals surface area contributed by atoms with Gasteiger partial charge in [-0.05, 0) is 13.0 Å². The van der Waals surface area contributed by atoms with Crippen molar-refractivity contribution in [2.75, 3.05) is 24.2 Å². The molecule has 104 valence electrons. The molecule has 0 fully saturated rings. The third-order valence-electron chi connectivity index (χ3n) is 1.76. The van der Waals surface area contributed by atoms with Crippen molar-refractivity contribution in [1.82, 2.24) is 19.9 Å². The minimum atomic E-state index is 0.799. The summed E-state index contributed by atoms with van der Waals surface area (Å²) < 4.78 is 0. The molecule has 2 rings (SSSR count). The van der Waals surface area contributed by atoms with Crippen molar-refractivity contribution in [3.05, 3.63) is 37.2 Å². The summed E-state index contributed by atoms with van der Waals surface area (Å²) >= 11 is 0. The van der Waals surface area contributed by atoms with Crippen LogP contribution in [0.1, 0.15) is 20.8 Å². The van der Waals surface area contributed by atoms with Crippen LogP contribution in [0.15, 0.2) is 37.2 Å². The highest BCUT2D eigenvalue weighted by atomic mass is 15.0. The standard InChI is InChI=1S/C6H9N3.C5H7N3.C2H6/c1-2-8-6-3-4-7-5-9-6;1-6-5-4-7-2-3-8-5;1-2/h3-5H,2H2,1H3,(H,7,8,9);2-4H,1H3,(H,6,8);1-2H3. The van der Waals surface area contributed by atoms with Crippen LogP contribution >= 0.6 is 0 Å². The fourth-order valence-corrected chi connectivity index (χ4v) is 1.00. The molecular formula is C13H22N6. The average molecular weight is 262 g/mol. The number of rotatable bonds is 3. The lowest BCUT2D eigenvalue weighted by Gasteiger charge is -1.97. The molecular weight excluding hydrogens is 240 g/mol. The average Bonchev–Trinajstić information content (AvgIpc) is 2.52. The first-order valence-electron chi connectivity index (χ1n) is 6.30. The van der Waals surface area contributed by atoms with Crippen molar-refractivity contribution in [1.29, 1.82) is 0 Å². The van der Waals surface area contributed by atoms with Gasteiger partial charge in [-0.3, -0.25) is 4.98 Å². The van der Waals surface area contributed by atoms with Crippen LogP contribution in [0.5, 0.6) is 0 Å². The number of hydrogen-bond donors (Lipinski definition) is 2. The van der Waals surface area contributed by atoms with E-state index in [0.717, 1.165) is 18.2 Å². The van der Waals surface area contributed by atoms with Gasteiger partial charge in [0.25, 0.3) is 0 Å². The third-order valence-corrected chi connectivity index (χ3v) is 1.76. The Balaban J connectivity index is 0.000000303. The Kier molecular flexibility index (Phi) is 10.8. The number of aromatic nitrogens is 4. The van der Waals surface area contributed by atoms with E-state index in [0.29, 0.717) is 0 Å². The van der Waals surface area contributed by atoms with Gasteiger partial charge in [-0.15, -0.1) is 0 Å². The van der Waals surface area contributed by atoms with Crippen LogP contribution in [0, 0.1) is 0 Å². The maximum absolute atomic E-state index is 3.95. The van der Waals surface area contributed by atoms with Gasteiger partial charge in [0.1, 0.15) is 18.0 Å². The van der Waals surface area contributed by atoms with Crippen molar-refractivity contribution < 1.29 is 0 Å². The Hall–Kier alpha value is -2.24. The molecule has 0 amide bonds. The summed E-state index contributed by atoms with van der Waals surface area (Å²) in [5.41, 5.74) is 0. The monoisotopic (exact) mass is 262 g/mol. The second-order valence-electron chi connectivity index (χ2n) is 2.97. The Morgan fingerprint density at radius 1 is 1.00 bits per heavy atom. The molecule has 2 aromatic heterocycles. The number of nitrogens with one attached hydrogen (secondary N) is 2. The first kappa shape index (κ1) is 16.8. The third kappa shape index (κ3) is 8.48. The van der Waals surface area contributed by atoms with Crippen molar-refractivity contribution in [2.24, 2.45) is 0 Å². The van der Waals surface area contributed by atoms with Crippen LogP contribution in [0.2, 0.25) is 0 Å². The van der Waals surface area contributed by atoms with Gasteiger partial charge in [-0.1, -0.05) is 13.8 Å². The SMILES string of the molecule is CC.CCNc1ccncn1.CNc1cnccn1. The summed E-state index contributed by atoms with van der Waals surface area (Å²) in [6.07, 6.45) is 8.19. The molecule has 0 radical (unpaired) electrons. The van der Waals surface area contributed by atoms with Crippen molar-refractivity contribution in [3.8, 4) is 0 Å². The number of hydrogen-bond acceptors (Lipinski definition) is 6. The molecule has 2 aromatic rings. The zero-order valence-electron chi connectivity index (χ0n) is 12.0. The van der Waals surface area contributed by atoms with Crippen LogP contribution in [0.3, 0.4) is 0 Å². The van der Waals surface area contributed by atoms with Crippen LogP contribution in [-0.2, 0) is 0 Å². The fraction of sp³-hybridized carbons (Fsp3) is 0.385. The minimum Gasteiger partial charge on any atom is -0.372 e. The Morgan fingerprint density at radius 2 is 1.79 bits per heavy atom. The molecule has 0 unspecified atom stereocenters. The van der Waals surface area contributed by atoms with Gasteiger partial charge < -0.3 is 10.6 Å². The molecule has 0 saturated carbocycles. The zero-order chi connectivity index (χ0) is 14.3. The molecule has 6 nitrogen and oxygen atoms in total. The lowest BCUT2D eigenvalue weighted by atomic mass is 10.6. The van der Waals surface area contributed by atoms with Gasteiger partial charge in [0.05, 0.1) is 6.20 Å². The summed E-state index contributed by atoms with van der Waals surface area (Å²) in [5, 5.41) is 5.91. The predicted molar refractivity (Wildman–Crippen MR) is 79.1 cm³/mol. The van der Waals surface area contributed by atoms with Crippen molar-refractivity contribution in [2.45, 2.75) is 20.8 Å². The van der Waals surface area contributed by atoms with E-state index in [1.54, 1.807) is 24.8 Å². The molecule has 0 aromatic carbocycles. The highest BCUT2D eigenvalue weighted by Gasteiger charge is 1.84. The van der Waals surface area contributed by atoms with E-state index in [-0.39, 0.29) is 0 Å².